The van der Waals surface area contributed by atoms with Crippen molar-refractivity contribution in [3.63, 3.8) is 0 Å². The van der Waals surface area contributed by atoms with Crippen molar-refractivity contribution in [1.82, 2.24) is 4.72 Å². The minimum absolute atomic E-state index is 0.108. The first-order chi connectivity index (χ1) is 9.44. The minimum atomic E-state index is -3.49. The van der Waals surface area contributed by atoms with E-state index in [2.05, 4.69) is 4.72 Å². The van der Waals surface area contributed by atoms with Gasteiger partial charge in [-0.3, -0.25) is 0 Å². The highest BCUT2D eigenvalue weighted by molar-refractivity contribution is 7.88. The maximum absolute atomic E-state index is 11.7. The molecule has 0 bridgehead atoms. The molecule has 0 atom stereocenters. The van der Waals surface area contributed by atoms with Gasteiger partial charge in [0.05, 0.1) is 31.1 Å². The summed E-state index contributed by atoms with van der Waals surface area (Å²) in [4.78, 5) is 10.7. The Morgan fingerprint density at radius 3 is 2.40 bits per heavy atom. The molecule has 0 amide bonds. The van der Waals surface area contributed by atoms with Crippen LogP contribution in [-0.2, 0) is 20.5 Å². The molecule has 8 heteroatoms. The van der Waals surface area contributed by atoms with Crippen molar-refractivity contribution in [3.8, 4) is 0 Å². The number of carbonyl (C=O) groups is 1. The van der Waals surface area contributed by atoms with Crippen molar-refractivity contribution >= 4 is 16.0 Å². The van der Waals surface area contributed by atoms with E-state index in [1.54, 1.807) is 0 Å². The van der Waals surface area contributed by atoms with Crippen molar-refractivity contribution < 1.29 is 28.2 Å². The Morgan fingerprint density at radius 1 is 1.20 bits per heavy atom. The fourth-order valence-electron chi connectivity index (χ4n) is 1.45. The number of aliphatic hydroxyl groups excluding tert-OH is 1. The maximum atomic E-state index is 11.7. The number of aliphatic hydroxyl groups is 1. The monoisotopic (exact) mass is 303 g/mol. The Kier molecular flexibility index (Phi) is 6.59. The van der Waals surface area contributed by atoms with Crippen LogP contribution in [-0.4, -0.2) is 51.0 Å². The third kappa shape index (κ3) is 6.11. The van der Waals surface area contributed by atoms with Gasteiger partial charge in [0.1, 0.15) is 0 Å². The normalized spacial score (nSPS) is 11.4. The van der Waals surface area contributed by atoms with Gasteiger partial charge in [-0.1, -0.05) is 12.1 Å². The van der Waals surface area contributed by atoms with E-state index in [0.717, 1.165) is 0 Å². The van der Waals surface area contributed by atoms with Gasteiger partial charge in [0.25, 0.3) is 0 Å². The lowest BCUT2D eigenvalue weighted by Crippen LogP contribution is -2.28. The second-order valence-corrected chi connectivity index (χ2v) is 5.80. The standard InChI is InChI=1S/C12H17NO6S/c14-6-8-19-7-5-13-20(17,18)9-10-1-3-11(4-2-10)12(15)16/h1-4,13-14H,5-9H2,(H,15,16). The number of carboxylic acid groups (broad SMARTS) is 1. The average Bonchev–Trinajstić information content (AvgIpc) is 2.38. The summed E-state index contributed by atoms with van der Waals surface area (Å²) < 4.78 is 30.7. The molecule has 0 aliphatic rings. The van der Waals surface area contributed by atoms with Crippen LogP contribution in [0.2, 0.25) is 0 Å². The van der Waals surface area contributed by atoms with E-state index in [1.165, 1.54) is 24.3 Å². The molecule has 0 spiro atoms. The van der Waals surface area contributed by atoms with E-state index in [1.807, 2.05) is 0 Å². The molecular weight excluding hydrogens is 286 g/mol. The van der Waals surface area contributed by atoms with Gasteiger partial charge in [-0.25, -0.2) is 17.9 Å². The van der Waals surface area contributed by atoms with Crippen LogP contribution in [0.15, 0.2) is 24.3 Å². The number of rotatable bonds is 9. The lowest BCUT2D eigenvalue weighted by molar-refractivity contribution is 0.0697. The molecular formula is C12H17NO6S. The van der Waals surface area contributed by atoms with Gasteiger partial charge in [-0.15, -0.1) is 0 Å². The van der Waals surface area contributed by atoms with E-state index in [4.69, 9.17) is 14.9 Å². The number of aromatic carboxylic acids is 1. The van der Waals surface area contributed by atoms with Gasteiger partial charge in [0.15, 0.2) is 0 Å². The summed E-state index contributed by atoms with van der Waals surface area (Å²) in [7, 11) is -3.49. The quantitative estimate of drug-likeness (QED) is 0.545. The summed E-state index contributed by atoms with van der Waals surface area (Å²) in [5.41, 5.74) is 0.607. The second-order valence-electron chi connectivity index (χ2n) is 3.99. The first kappa shape index (κ1) is 16.6. The highest BCUT2D eigenvalue weighted by Crippen LogP contribution is 2.07. The molecule has 112 valence electrons. The summed E-state index contributed by atoms with van der Waals surface area (Å²) in [6, 6.07) is 5.64. The smallest absolute Gasteiger partial charge is 0.335 e. The van der Waals surface area contributed by atoms with Crippen LogP contribution in [0.25, 0.3) is 0 Å². The SMILES string of the molecule is O=C(O)c1ccc(CS(=O)(=O)NCCOCCO)cc1. The third-order valence-corrected chi connectivity index (χ3v) is 3.72. The zero-order chi connectivity index (χ0) is 15.0. The molecule has 0 heterocycles. The zero-order valence-corrected chi connectivity index (χ0v) is 11.6. The third-order valence-electron chi connectivity index (χ3n) is 2.36. The summed E-state index contributed by atoms with van der Waals surface area (Å²) in [5, 5.41) is 17.2. The number of hydrogen-bond donors (Lipinski definition) is 3. The molecule has 3 N–H and O–H groups in total. The van der Waals surface area contributed by atoms with E-state index >= 15 is 0 Å². The van der Waals surface area contributed by atoms with Crippen LogP contribution in [0.4, 0.5) is 0 Å². The molecule has 0 aliphatic heterocycles. The number of hydrogen-bond acceptors (Lipinski definition) is 5. The molecule has 0 fully saturated rings. The summed E-state index contributed by atoms with van der Waals surface area (Å²) in [6.45, 7) is 0.355. The predicted molar refractivity (Wildman–Crippen MR) is 71.9 cm³/mol. The fraction of sp³-hybridized carbons (Fsp3) is 0.417. The summed E-state index contributed by atoms with van der Waals surface area (Å²) in [5.74, 6) is -1.29. The molecule has 0 saturated heterocycles. The molecule has 0 unspecified atom stereocenters. The first-order valence-corrected chi connectivity index (χ1v) is 7.58. The van der Waals surface area contributed by atoms with Crippen LogP contribution in [0.1, 0.15) is 15.9 Å². The Labute approximate surface area is 117 Å². The highest BCUT2D eigenvalue weighted by Gasteiger charge is 2.11. The van der Waals surface area contributed by atoms with Crippen LogP contribution < -0.4 is 4.72 Å². The molecule has 0 saturated carbocycles. The first-order valence-electron chi connectivity index (χ1n) is 5.93. The van der Waals surface area contributed by atoms with Crippen molar-refractivity contribution in [2.24, 2.45) is 0 Å². The van der Waals surface area contributed by atoms with Gasteiger partial charge >= 0.3 is 5.97 Å². The lowest BCUT2D eigenvalue weighted by atomic mass is 10.1. The molecule has 1 aromatic rings. The number of carboxylic acids is 1. The number of benzene rings is 1. The molecule has 7 nitrogen and oxygen atoms in total. The molecule has 1 rings (SSSR count). The van der Waals surface area contributed by atoms with E-state index in [9.17, 15) is 13.2 Å². The Hall–Kier alpha value is -1.48. The van der Waals surface area contributed by atoms with Gasteiger partial charge in [0.2, 0.25) is 10.0 Å². The van der Waals surface area contributed by atoms with Gasteiger partial charge in [-0.2, -0.15) is 0 Å². The molecule has 0 radical (unpaired) electrons. The molecule has 0 aliphatic carbocycles. The average molecular weight is 303 g/mol. The van der Waals surface area contributed by atoms with Crippen molar-refractivity contribution in [2.75, 3.05) is 26.4 Å². The Balaban J connectivity index is 2.47. The number of sulfonamides is 1. The maximum Gasteiger partial charge on any atom is 0.335 e. The second kappa shape index (κ2) is 7.95. The van der Waals surface area contributed by atoms with Crippen molar-refractivity contribution in [2.45, 2.75) is 5.75 Å². The van der Waals surface area contributed by atoms with Crippen LogP contribution in [0, 0.1) is 0 Å². The Bertz CT molecular complexity index is 525. The van der Waals surface area contributed by atoms with Gasteiger partial charge in [0, 0.05) is 6.54 Å². The zero-order valence-electron chi connectivity index (χ0n) is 10.8. The lowest BCUT2D eigenvalue weighted by Gasteiger charge is -2.07. The Morgan fingerprint density at radius 2 is 1.85 bits per heavy atom. The van der Waals surface area contributed by atoms with Gasteiger partial charge < -0.3 is 14.9 Å². The van der Waals surface area contributed by atoms with Crippen molar-refractivity contribution in [3.05, 3.63) is 35.4 Å². The topological polar surface area (TPSA) is 113 Å². The molecule has 1 aromatic carbocycles. The van der Waals surface area contributed by atoms with E-state index < -0.39 is 16.0 Å². The fourth-order valence-corrected chi connectivity index (χ4v) is 2.58. The van der Waals surface area contributed by atoms with Crippen molar-refractivity contribution in [1.29, 1.82) is 0 Å². The molecule has 0 aromatic heterocycles. The van der Waals surface area contributed by atoms with E-state index in [0.29, 0.717) is 5.56 Å². The minimum Gasteiger partial charge on any atom is -0.478 e. The van der Waals surface area contributed by atoms with E-state index in [-0.39, 0.29) is 37.7 Å². The molecule has 20 heavy (non-hydrogen) atoms. The van der Waals surface area contributed by atoms with Crippen LogP contribution in [0.5, 0.6) is 0 Å². The van der Waals surface area contributed by atoms with Crippen LogP contribution >= 0.6 is 0 Å². The summed E-state index contributed by atoms with van der Waals surface area (Å²) >= 11 is 0. The number of nitrogens with one attached hydrogen (secondary N) is 1. The summed E-state index contributed by atoms with van der Waals surface area (Å²) in [6.07, 6.45) is 0. The predicted octanol–water partition coefficient (Wildman–Crippen LogP) is -0.187. The van der Waals surface area contributed by atoms with Crippen LogP contribution in [0.3, 0.4) is 0 Å². The highest BCUT2D eigenvalue weighted by atomic mass is 32.2. The largest absolute Gasteiger partial charge is 0.478 e. The van der Waals surface area contributed by atoms with Gasteiger partial charge in [-0.05, 0) is 17.7 Å². The number of ether oxygens (including phenoxy) is 1.